The van der Waals surface area contributed by atoms with Gasteiger partial charge in [0.25, 0.3) is 11.5 Å². The van der Waals surface area contributed by atoms with Gasteiger partial charge in [-0.1, -0.05) is 36.8 Å². The van der Waals surface area contributed by atoms with E-state index < -0.39 is 5.92 Å². The van der Waals surface area contributed by atoms with Crippen LogP contribution in [0.4, 0.5) is 5.69 Å². The van der Waals surface area contributed by atoms with Crippen LogP contribution in [0.2, 0.25) is 0 Å². The van der Waals surface area contributed by atoms with Crippen molar-refractivity contribution >= 4 is 34.4 Å². The van der Waals surface area contributed by atoms with Gasteiger partial charge in [0.15, 0.2) is 0 Å². The van der Waals surface area contributed by atoms with Crippen molar-refractivity contribution in [2.75, 3.05) is 5.01 Å². The molecule has 152 valence electrons. The number of benzene rings is 2. The average molecular weight is 401 g/mol. The number of hydrazone groups is 1. The Morgan fingerprint density at radius 1 is 1.07 bits per heavy atom. The number of hydrogen-bond donors (Lipinski definition) is 0. The van der Waals surface area contributed by atoms with Crippen molar-refractivity contribution in [3.05, 3.63) is 70.3 Å². The molecule has 1 aliphatic rings. The number of anilines is 1. The molecule has 0 fully saturated rings. The van der Waals surface area contributed by atoms with Crippen LogP contribution in [-0.2, 0) is 11.2 Å². The lowest BCUT2D eigenvalue weighted by molar-refractivity contribution is -0.118. The molecule has 0 bridgehead atoms. The topological polar surface area (TPSA) is 79.9 Å². The third-order valence-corrected chi connectivity index (χ3v) is 5.09. The van der Waals surface area contributed by atoms with E-state index in [4.69, 9.17) is 0 Å². The lowest BCUT2D eigenvalue weighted by Crippen LogP contribution is -2.29. The molecule has 0 aliphatic carbocycles. The van der Waals surface area contributed by atoms with Crippen LogP contribution >= 0.6 is 0 Å². The second kappa shape index (κ2) is 8.02. The van der Waals surface area contributed by atoms with E-state index in [1.54, 1.807) is 19.1 Å². The summed E-state index contributed by atoms with van der Waals surface area (Å²) in [5.41, 5.74) is 2.85. The molecule has 1 atom stereocenters. The van der Waals surface area contributed by atoms with E-state index in [1.807, 2.05) is 50.2 Å². The Morgan fingerprint density at radius 2 is 1.80 bits per heavy atom. The highest BCUT2D eigenvalue weighted by Gasteiger charge is 2.33. The van der Waals surface area contributed by atoms with Crippen LogP contribution in [0.25, 0.3) is 10.9 Å². The summed E-state index contributed by atoms with van der Waals surface area (Å²) < 4.78 is 1.31. The predicted octanol–water partition coefficient (Wildman–Crippen LogP) is 3.53. The third-order valence-electron chi connectivity index (χ3n) is 5.09. The summed E-state index contributed by atoms with van der Waals surface area (Å²) in [4.78, 5) is 30.5. The van der Waals surface area contributed by atoms with Gasteiger partial charge in [-0.15, -0.1) is 0 Å². The van der Waals surface area contributed by atoms with E-state index in [1.165, 1.54) is 15.9 Å². The van der Waals surface area contributed by atoms with Crippen molar-refractivity contribution in [2.24, 2.45) is 16.1 Å². The number of aromatic nitrogens is 2. The summed E-state index contributed by atoms with van der Waals surface area (Å²) in [5, 5.41) is 10.7. The molecule has 0 spiro atoms. The molecule has 0 radical (unpaired) electrons. The minimum atomic E-state index is -0.626. The first kappa shape index (κ1) is 19.7. The SMILES string of the molecule is CCCc1nc2ccccc2c(=O)n1/N=C\[C@@H]1C(=O)N(c2ccc(C)cc2)N=C1C. The lowest BCUT2D eigenvalue weighted by Gasteiger charge is -2.13. The number of carbonyl (C=O) groups excluding carboxylic acids is 1. The van der Waals surface area contributed by atoms with E-state index in [-0.39, 0.29) is 11.5 Å². The molecule has 0 unspecified atom stereocenters. The van der Waals surface area contributed by atoms with Crippen molar-refractivity contribution in [3.8, 4) is 0 Å². The van der Waals surface area contributed by atoms with Crippen LogP contribution in [0, 0.1) is 12.8 Å². The average Bonchev–Trinajstić information content (AvgIpc) is 3.02. The number of rotatable bonds is 5. The van der Waals surface area contributed by atoms with Crippen molar-refractivity contribution in [1.82, 2.24) is 9.66 Å². The van der Waals surface area contributed by atoms with Gasteiger partial charge in [0.2, 0.25) is 0 Å². The van der Waals surface area contributed by atoms with Crippen LogP contribution in [0.15, 0.2) is 63.5 Å². The molecule has 4 rings (SSSR count). The molecular weight excluding hydrogens is 378 g/mol. The molecule has 1 aromatic heterocycles. The molecule has 1 aliphatic heterocycles. The Hall–Kier alpha value is -3.61. The van der Waals surface area contributed by atoms with Crippen LogP contribution in [0.1, 0.15) is 31.7 Å². The summed E-state index contributed by atoms with van der Waals surface area (Å²) >= 11 is 0. The Balaban J connectivity index is 1.69. The van der Waals surface area contributed by atoms with Gasteiger partial charge in [-0.3, -0.25) is 9.59 Å². The lowest BCUT2D eigenvalue weighted by atomic mass is 10.1. The Labute approximate surface area is 174 Å². The Morgan fingerprint density at radius 3 is 2.53 bits per heavy atom. The van der Waals surface area contributed by atoms with Gasteiger partial charge in [-0.25, -0.2) is 4.98 Å². The monoisotopic (exact) mass is 401 g/mol. The maximum Gasteiger partial charge on any atom is 0.282 e. The number of amides is 1. The highest BCUT2D eigenvalue weighted by Crippen LogP contribution is 2.23. The highest BCUT2D eigenvalue weighted by atomic mass is 16.2. The van der Waals surface area contributed by atoms with Gasteiger partial charge in [-0.05, 0) is 44.5 Å². The summed E-state index contributed by atoms with van der Waals surface area (Å²) in [6.45, 7) is 5.80. The number of fused-ring (bicyclic) bond motifs is 1. The number of aryl methyl sites for hydroxylation is 2. The Bertz CT molecular complexity index is 1220. The van der Waals surface area contributed by atoms with Crippen molar-refractivity contribution in [3.63, 3.8) is 0 Å². The summed E-state index contributed by atoms with van der Waals surface area (Å²) in [6.07, 6.45) is 2.93. The quantitative estimate of drug-likeness (QED) is 0.614. The van der Waals surface area contributed by atoms with E-state index in [9.17, 15) is 9.59 Å². The molecular formula is C23H23N5O2. The van der Waals surface area contributed by atoms with Crippen LogP contribution in [-0.4, -0.2) is 27.5 Å². The molecule has 0 saturated heterocycles. The first-order chi connectivity index (χ1) is 14.5. The maximum atomic E-state index is 13.0. The fourth-order valence-corrected chi connectivity index (χ4v) is 3.43. The zero-order valence-corrected chi connectivity index (χ0v) is 17.2. The second-order valence-corrected chi connectivity index (χ2v) is 7.38. The largest absolute Gasteiger partial charge is 0.282 e. The second-order valence-electron chi connectivity index (χ2n) is 7.38. The van der Waals surface area contributed by atoms with Crippen molar-refractivity contribution < 1.29 is 4.79 Å². The molecule has 3 aromatic rings. The van der Waals surface area contributed by atoms with Gasteiger partial charge in [0, 0.05) is 12.6 Å². The highest BCUT2D eigenvalue weighted by molar-refractivity contribution is 6.23. The van der Waals surface area contributed by atoms with Crippen LogP contribution in [0.3, 0.4) is 0 Å². The fraction of sp³-hybridized carbons (Fsp3) is 0.261. The minimum absolute atomic E-state index is 0.195. The molecule has 0 saturated carbocycles. The molecule has 1 amide bonds. The van der Waals surface area contributed by atoms with Crippen molar-refractivity contribution in [1.29, 1.82) is 0 Å². The first-order valence-electron chi connectivity index (χ1n) is 10.0. The smallest absolute Gasteiger partial charge is 0.271 e. The van der Waals surface area contributed by atoms with E-state index in [0.29, 0.717) is 34.5 Å². The fourth-order valence-electron chi connectivity index (χ4n) is 3.43. The van der Waals surface area contributed by atoms with Gasteiger partial charge < -0.3 is 0 Å². The third kappa shape index (κ3) is 3.54. The minimum Gasteiger partial charge on any atom is -0.271 e. The first-order valence-corrected chi connectivity index (χ1v) is 10.0. The summed E-state index contributed by atoms with van der Waals surface area (Å²) in [6, 6.07) is 14.8. The standard InChI is InChI=1S/C23H23N5O2/c1-4-7-21-25-20-9-6-5-8-18(20)22(29)28(21)24-14-19-16(3)26-27(23(19)30)17-12-10-15(2)11-13-17/h5-6,8-14,19H,4,7H2,1-3H3/b24-14-/t19-/m0/s1. The zero-order chi connectivity index (χ0) is 21.3. The van der Waals surface area contributed by atoms with E-state index in [2.05, 4.69) is 15.2 Å². The summed E-state index contributed by atoms with van der Waals surface area (Å²) in [7, 11) is 0. The maximum absolute atomic E-state index is 13.0. The number of nitrogens with zero attached hydrogens (tertiary/aromatic N) is 5. The normalized spacial score (nSPS) is 16.6. The Kier molecular flexibility index (Phi) is 5.27. The molecule has 7 heteroatoms. The zero-order valence-electron chi connectivity index (χ0n) is 17.2. The van der Waals surface area contributed by atoms with E-state index >= 15 is 0 Å². The number of para-hydroxylation sites is 1. The molecule has 7 nitrogen and oxygen atoms in total. The van der Waals surface area contributed by atoms with Gasteiger partial charge in [-0.2, -0.15) is 19.9 Å². The van der Waals surface area contributed by atoms with Gasteiger partial charge >= 0.3 is 0 Å². The molecule has 0 N–H and O–H groups in total. The van der Waals surface area contributed by atoms with Crippen LogP contribution < -0.4 is 10.6 Å². The van der Waals surface area contributed by atoms with E-state index in [0.717, 1.165) is 12.0 Å². The molecule has 2 aromatic carbocycles. The van der Waals surface area contributed by atoms with Crippen molar-refractivity contribution in [2.45, 2.75) is 33.6 Å². The predicted molar refractivity (Wildman–Crippen MR) is 119 cm³/mol. The van der Waals surface area contributed by atoms with Gasteiger partial charge in [0.1, 0.15) is 11.7 Å². The van der Waals surface area contributed by atoms with Gasteiger partial charge in [0.05, 0.1) is 22.3 Å². The summed E-state index contributed by atoms with van der Waals surface area (Å²) in [5.74, 6) is -0.244. The molecule has 2 heterocycles. The number of carbonyl (C=O) groups is 1. The van der Waals surface area contributed by atoms with Crippen LogP contribution in [0.5, 0.6) is 0 Å². The molecule has 30 heavy (non-hydrogen) atoms. The number of hydrogen-bond acceptors (Lipinski definition) is 5.